The van der Waals surface area contributed by atoms with E-state index >= 15 is 0 Å². The average Bonchev–Trinajstić information content (AvgIpc) is 2.32. The quantitative estimate of drug-likeness (QED) is 0.817. The molecule has 17 heavy (non-hydrogen) atoms. The van der Waals surface area contributed by atoms with E-state index in [0.717, 1.165) is 15.7 Å². The molecule has 88 valence electrons. The van der Waals surface area contributed by atoms with Crippen molar-refractivity contribution in [3.05, 3.63) is 50.7 Å². The van der Waals surface area contributed by atoms with Crippen molar-refractivity contribution in [3.8, 4) is 0 Å². The maximum atomic E-state index is 6.22. The Balaban J connectivity index is 2.43. The summed E-state index contributed by atoms with van der Waals surface area (Å²) < 4.78 is 0.855. The molecule has 0 spiro atoms. The third-order valence-corrected chi connectivity index (χ3v) is 3.75. The van der Waals surface area contributed by atoms with Crippen LogP contribution < -0.4 is 5.32 Å². The first kappa shape index (κ1) is 12.7. The van der Waals surface area contributed by atoms with E-state index in [1.165, 1.54) is 0 Å². The van der Waals surface area contributed by atoms with E-state index in [0.29, 0.717) is 15.7 Å². The molecule has 0 aliphatic heterocycles. The van der Waals surface area contributed by atoms with Gasteiger partial charge in [-0.3, -0.25) is 4.98 Å². The normalized spacial score (nSPS) is 10.4. The predicted molar refractivity (Wildman–Crippen MR) is 76.4 cm³/mol. The van der Waals surface area contributed by atoms with E-state index < -0.39 is 0 Å². The Bertz CT molecular complexity index is 558. The topological polar surface area (TPSA) is 24.9 Å². The molecule has 0 unspecified atom stereocenters. The van der Waals surface area contributed by atoms with Crippen LogP contribution in [0.5, 0.6) is 0 Å². The van der Waals surface area contributed by atoms with Gasteiger partial charge in [-0.05, 0) is 40.5 Å². The van der Waals surface area contributed by atoms with Gasteiger partial charge >= 0.3 is 0 Å². The fourth-order valence-electron chi connectivity index (χ4n) is 1.38. The molecule has 0 radical (unpaired) electrons. The van der Waals surface area contributed by atoms with Crippen molar-refractivity contribution in [2.75, 3.05) is 5.32 Å². The van der Waals surface area contributed by atoms with Crippen LogP contribution in [-0.2, 0) is 0 Å². The zero-order valence-corrected chi connectivity index (χ0v) is 12.1. The number of hydrogen-bond donors (Lipinski definition) is 1. The first-order valence-corrected chi connectivity index (χ1v) is 6.45. The smallest absolute Gasteiger partial charge is 0.0765 e. The van der Waals surface area contributed by atoms with Gasteiger partial charge in [-0.15, -0.1) is 0 Å². The molecule has 0 amide bonds. The van der Waals surface area contributed by atoms with Crippen LogP contribution in [0.2, 0.25) is 10.0 Å². The lowest BCUT2D eigenvalue weighted by atomic mass is 10.2. The van der Waals surface area contributed by atoms with Gasteiger partial charge < -0.3 is 5.32 Å². The van der Waals surface area contributed by atoms with Gasteiger partial charge in [-0.1, -0.05) is 29.3 Å². The lowest BCUT2D eigenvalue weighted by Gasteiger charge is -2.13. The molecule has 1 N–H and O–H groups in total. The van der Waals surface area contributed by atoms with Gasteiger partial charge in [0, 0.05) is 12.4 Å². The van der Waals surface area contributed by atoms with Crippen molar-refractivity contribution in [1.29, 1.82) is 0 Å². The van der Waals surface area contributed by atoms with Gasteiger partial charge in [0.1, 0.15) is 0 Å². The Morgan fingerprint density at radius 1 is 1.24 bits per heavy atom. The standard InChI is InChI=1S/C12H9BrCl2N2/c1-7-2-3-9(14)12(11(7)15)17-10-4-5-16-6-8(10)13/h2-6H,1H3,(H,16,17). The number of anilines is 2. The third kappa shape index (κ3) is 2.73. The average molecular weight is 332 g/mol. The van der Waals surface area contributed by atoms with Gasteiger partial charge in [0.25, 0.3) is 0 Å². The van der Waals surface area contributed by atoms with Crippen LogP contribution in [0.1, 0.15) is 5.56 Å². The summed E-state index contributed by atoms with van der Waals surface area (Å²) in [5.74, 6) is 0. The summed E-state index contributed by atoms with van der Waals surface area (Å²) in [7, 11) is 0. The molecule has 5 heteroatoms. The summed E-state index contributed by atoms with van der Waals surface area (Å²) in [6, 6.07) is 5.55. The highest BCUT2D eigenvalue weighted by Gasteiger charge is 2.09. The van der Waals surface area contributed by atoms with Crippen LogP contribution in [-0.4, -0.2) is 4.98 Å². The number of nitrogens with zero attached hydrogens (tertiary/aromatic N) is 1. The van der Waals surface area contributed by atoms with Crippen molar-refractivity contribution in [1.82, 2.24) is 4.98 Å². The molecular weight excluding hydrogens is 323 g/mol. The highest BCUT2D eigenvalue weighted by molar-refractivity contribution is 9.10. The molecule has 0 aliphatic carbocycles. The summed E-state index contributed by atoms with van der Waals surface area (Å²) >= 11 is 15.8. The highest BCUT2D eigenvalue weighted by Crippen LogP contribution is 2.36. The zero-order valence-electron chi connectivity index (χ0n) is 8.97. The minimum atomic E-state index is 0.587. The van der Waals surface area contributed by atoms with Crippen LogP contribution in [0.3, 0.4) is 0 Å². The number of benzene rings is 1. The predicted octanol–water partition coefficient (Wildman–Crippen LogP) is 5.20. The molecule has 1 heterocycles. The monoisotopic (exact) mass is 330 g/mol. The minimum Gasteiger partial charge on any atom is -0.352 e. The van der Waals surface area contributed by atoms with Crippen LogP contribution >= 0.6 is 39.1 Å². The zero-order chi connectivity index (χ0) is 12.4. The Kier molecular flexibility index (Phi) is 3.92. The minimum absolute atomic E-state index is 0.587. The Hall–Kier alpha value is -0.770. The molecule has 0 bridgehead atoms. The van der Waals surface area contributed by atoms with Gasteiger partial charge in [-0.25, -0.2) is 0 Å². The number of nitrogens with one attached hydrogen (secondary N) is 1. The Labute approximate surface area is 118 Å². The second-order valence-electron chi connectivity index (χ2n) is 3.53. The van der Waals surface area contributed by atoms with Crippen LogP contribution in [0, 0.1) is 6.92 Å². The maximum absolute atomic E-state index is 6.22. The highest BCUT2D eigenvalue weighted by atomic mass is 79.9. The van der Waals surface area contributed by atoms with Crippen LogP contribution in [0.4, 0.5) is 11.4 Å². The number of aromatic nitrogens is 1. The summed E-state index contributed by atoms with van der Waals surface area (Å²) in [5.41, 5.74) is 2.55. The van der Waals surface area contributed by atoms with Gasteiger partial charge in [-0.2, -0.15) is 0 Å². The molecule has 2 aromatic rings. The van der Waals surface area contributed by atoms with Crippen molar-refractivity contribution >= 4 is 50.5 Å². The molecule has 1 aromatic carbocycles. The largest absolute Gasteiger partial charge is 0.352 e. The molecule has 2 rings (SSSR count). The number of rotatable bonds is 2. The second-order valence-corrected chi connectivity index (χ2v) is 5.17. The molecule has 0 saturated carbocycles. The van der Waals surface area contributed by atoms with E-state index in [2.05, 4.69) is 26.2 Å². The van der Waals surface area contributed by atoms with Gasteiger partial charge in [0.05, 0.1) is 25.9 Å². The van der Waals surface area contributed by atoms with E-state index in [9.17, 15) is 0 Å². The number of aryl methyl sites for hydroxylation is 1. The molecule has 1 aromatic heterocycles. The first-order chi connectivity index (χ1) is 8.09. The van der Waals surface area contributed by atoms with Crippen molar-refractivity contribution in [2.45, 2.75) is 6.92 Å². The van der Waals surface area contributed by atoms with Gasteiger partial charge in [0.15, 0.2) is 0 Å². The Morgan fingerprint density at radius 2 is 2.00 bits per heavy atom. The fraction of sp³-hybridized carbons (Fsp3) is 0.0833. The summed E-state index contributed by atoms with van der Waals surface area (Å²) in [6.07, 6.45) is 3.41. The van der Waals surface area contributed by atoms with Crippen LogP contribution in [0.25, 0.3) is 0 Å². The lowest BCUT2D eigenvalue weighted by molar-refractivity contribution is 1.30. The molecule has 0 aliphatic rings. The SMILES string of the molecule is Cc1ccc(Cl)c(Nc2ccncc2Br)c1Cl. The molecule has 0 atom stereocenters. The lowest BCUT2D eigenvalue weighted by Crippen LogP contribution is -1.95. The third-order valence-electron chi connectivity index (χ3n) is 2.32. The number of pyridine rings is 1. The van der Waals surface area contributed by atoms with Gasteiger partial charge in [0.2, 0.25) is 0 Å². The van der Waals surface area contributed by atoms with E-state index in [-0.39, 0.29) is 0 Å². The molecular formula is C12H9BrCl2N2. The molecule has 0 saturated heterocycles. The molecule has 0 fully saturated rings. The van der Waals surface area contributed by atoms with Crippen molar-refractivity contribution < 1.29 is 0 Å². The Morgan fingerprint density at radius 3 is 2.71 bits per heavy atom. The van der Waals surface area contributed by atoms with Crippen molar-refractivity contribution in [3.63, 3.8) is 0 Å². The maximum Gasteiger partial charge on any atom is 0.0765 e. The van der Waals surface area contributed by atoms with E-state index in [1.54, 1.807) is 12.4 Å². The summed E-state index contributed by atoms with van der Waals surface area (Å²) in [6.45, 7) is 1.94. The fourth-order valence-corrected chi connectivity index (χ4v) is 2.20. The van der Waals surface area contributed by atoms with E-state index in [1.807, 2.05) is 25.1 Å². The summed E-state index contributed by atoms with van der Waals surface area (Å²) in [5, 5.41) is 4.41. The van der Waals surface area contributed by atoms with Crippen molar-refractivity contribution in [2.24, 2.45) is 0 Å². The number of halogens is 3. The second kappa shape index (κ2) is 5.25. The summed E-state index contributed by atoms with van der Waals surface area (Å²) in [4.78, 5) is 4.00. The first-order valence-electron chi connectivity index (χ1n) is 4.90. The molecule has 2 nitrogen and oxygen atoms in total. The van der Waals surface area contributed by atoms with E-state index in [4.69, 9.17) is 23.2 Å². The van der Waals surface area contributed by atoms with Crippen LogP contribution in [0.15, 0.2) is 35.1 Å². The number of hydrogen-bond acceptors (Lipinski definition) is 2.